The van der Waals surface area contributed by atoms with E-state index < -0.39 is 39.1 Å². The number of esters is 1. The third-order valence-electron chi connectivity index (χ3n) is 2.26. The highest BCUT2D eigenvalue weighted by molar-refractivity contribution is 7.38. The summed E-state index contributed by atoms with van der Waals surface area (Å²) in [7, 11) is -2.68. The number of carbonyl (C=O) groups excluding carboxylic acids is 1. The zero-order valence-corrected chi connectivity index (χ0v) is 11.8. The Morgan fingerprint density at radius 3 is 2.29 bits per heavy atom. The van der Waals surface area contributed by atoms with E-state index in [-0.39, 0.29) is 11.7 Å². The summed E-state index contributed by atoms with van der Waals surface area (Å²) in [6.45, 7) is -1.47. The van der Waals surface area contributed by atoms with E-state index in [1.165, 1.54) is 18.2 Å². The van der Waals surface area contributed by atoms with Crippen molar-refractivity contribution in [1.82, 2.24) is 0 Å². The minimum atomic E-state index is -2.68. The van der Waals surface area contributed by atoms with Gasteiger partial charge >= 0.3 is 17.9 Å². The molecule has 114 valence electrons. The first kappa shape index (κ1) is 16.9. The second-order valence-corrected chi connectivity index (χ2v) is 5.24. The first-order chi connectivity index (χ1) is 9.90. The molecule has 1 atom stereocenters. The summed E-state index contributed by atoms with van der Waals surface area (Å²) in [4.78, 5) is 32.4. The van der Waals surface area contributed by atoms with Gasteiger partial charge in [0.05, 0.1) is 5.56 Å². The van der Waals surface area contributed by atoms with E-state index in [4.69, 9.17) is 10.2 Å². The van der Waals surface area contributed by atoms with Crippen LogP contribution in [0.4, 0.5) is 0 Å². The van der Waals surface area contributed by atoms with Crippen molar-refractivity contribution in [2.24, 2.45) is 0 Å². The molecule has 0 saturated carbocycles. The highest BCUT2D eigenvalue weighted by Crippen LogP contribution is 2.29. The van der Waals surface area contributed by atoms with Crippen LogP contribution in [0.2, 0.25) is 0 Å². The third kappa shape index (κ3) is 6.20. The molecule has 0 spiro atoms. The van der Waals surface area contributed by atoms with Crippen molar-refractivity contribution < 1.29 is 38.4 Å². The Bertz CT molecular complexity index is 568. The molecule has 0 aliphatic heterocycles. The number of carboxylic acid groups (broad SMARTS) is 2. The SMILES string of the molecule is O=C(O)COC(=O)c1ccccc1C[PH](=O)OCC(=O)O. The summed E-state index contributed by atoms with van der Waals surface area (Å²) >= 11 is 0. The van der Waals surface area contributed by atoms with Gasteiger partial charge in [-0.2, -0.15) is 0 Å². The molecule has 1 aromatic carbocycles. The lowest BCUT2D eigenvalue weighted by atomic mass is 10.1. The molecular formula is C12H13O8P. The van der Waals surface area contributed by atoms with E-state index in [9.17, 15) is 18.9 Å². The number of aliphatic carboxylic acids is 2. The first-order valence-corrected chi connectivity index (χ1v) is 7.26. The van der Waals surface area contributed by atoms with Crippen LogP contribution < -0.4 is 0 Å². The molecule has 0 aromatic heterocycles. The summed E-state index contributed by atoms with van der Waals surface area (Å²) in [6, 6.07) is 6.03. The summed E-state index contributed by atoms with van der Waals surface area (Å²) < 4.78 is 20.8. The highest BCUT2D eigenvalue weighted by Gasteiger charge is 2.16. The molecule has 1 rings (SSSR count). The zero-order valence-electron chi connectivity index (χ0n) is 10.8. The van der Waals surface area contributed by atoms with Crippen LogP contribution in [0.25, 0.3) is 0 Å². The smallest absolute Gasteiger partial charge is 0.341 e. The van der Waals surface area contributed by atoms with Crippen LogP contribution in [0.1, 0.15) is 15.9 Å². The number of carboxylic acids is 2. The Morgan fingerprint density at radius 1 is 1.05 bits per heavy atom. The van der Waals surface area contributed by atoms with Gasteiger partial charge in [0.15, 0.2) is 21.2 Å². The molecule has 0 heterocycles. The van der Waals surface area contributed by atoms with E-state index >= 15 is 0 Å². The Labute approximate surface area is 120 Å². The summed E-state index contributed by atoms with van der Waals surface area (Å²) in [5, 5.41) is 16.9. The lowest BCUT2D eigenvalue weighted by Gasteiger charge is -2.08. The summed E-state index contributed by atoms with van der Waals surface area (Å²) in [6.07, 6.45) is -0.143. The van der Waals surface area contributed by atoms with Crippen LogP contribution >= 0.6 is 8.03 Å². The minimum Gasteiger partial charge on any atom is -0.480 e. The molecule has 1 unspecified atom stereocenters. The van der Waals surface area contributed by atoms with Crippen LogP contribution in [-0.4, -0.2) is 41.3 Å². The van der Waals surface area contributed by atoms with Crippen LogP contribution in [0, 0.1) is 0 Å². The number of ether oxygens (including phenoxy) is 1. The Hall–Kier alpha value is -2.18. The quantitative estimate of drug-likeness (QED) is 0.537. The molecule has 2 N–H and O–H groups in total. The molecule has 9 heteroatoms. The number of hydrogen-bond donors (Lipinski definition) is 2. The predicted molar refractivity (Wildman–Crippen MR) is 70.7 cm³/mol. The fourth-order valence-corrected chi connectivity index (χ4v) is 2.43. The topological polar surface area (TPSA) is 127 Å². The Balaban J connectivity index is 2.74. The van der Waals surface area contributed by atoms with Crippen molar-refractivity contribution in [1.29, 1.82) is 0 Å². The molecular weight excluding hydrogens is 303 g/mol. The van der Waals surface area contributed by atoms with Crippen molar-refractivity contribution in [2.75, 3.05) is 13.2 Å². The van der Waals surface area contributed by atoms with Crippen LogP contribution in [0.15, 0.2) is 24.3 Å². The normalized spacial score (nSPS) is 11.6. The van der Waals surface area contributed by atoms with Gasteiger partial charge in [0, 0.05) is 6.16 Å². The molecule has 0 saturated heterocycles. The van der Waals surface area contributed by atoms with E-state index in [0.29, 0.717) is 5.56 Å². The van der Waals surface area contributed by atoms with Gasteiger partial charge in [-0.05, 0) is 11.6 Å². The van der Waals surface area contributed by atoms with Crippen molar-refractivity contribution in [2.45, 2.75) is 6.16 Å². The van der Waals surface area contributed by atoms with Gasteiger partial charge in [-0.3, -0.25) is 4.57 Å². The molecule has 1 aromatic rings. The van der Waals surface area contributed by atoms with Crippen LogP contribution in [0.5, 0.6) is 0 Å². The van der Waals surface area contributed by atoms with E-state index in [2.05, 4.69) is 9.26 Å². The number of rotatable bonds is 8. The number of hydrogen-bond acceptors (Lipinski definition) is 6. The van der Waals surface area contributed by atoms with Crippen LogP contribution in [-0.2, 0) is 29.6 Å². The molecule has 0 bridgehead atoms. The van der Waals surface area contributed by atoms with Gasteiger partial charge < -0.3 is 19.5 Å². The Kier molecular flexibility index (Phi) is 6.58. The van der Waals surface area contributed by atoms with E-state index in [1.54, 1.807) is 6.07 Å². The fourth-order valence-electron chi connectivity index (χ4n) is 1.43. The maximum absolute atomic E-state index is 11.7. The molecule has 21 heavy (non-hydrogen) atoms. The molecule has 0 radical (unpaired) electrons. The first-order valence-electron chi connectivity index (χ1n) is 5.74. The van der Waals surface area contributed by atoms with Gasteiger partial charge in [0.2, 0.25) is 0 Å². The van der Waals surface area contributed by atoms with Gasteiger partial charge in [-0.25, -0.2) is 14.4 Å². The third-order valence-corrected chi connectivity index (χ3v) is 3.39. The molecule has 0 amide bonds. The van der Waals surface area contributed by atoms with Gasteiger partial charge in [-0.1, -0.05) is 18.2 Å². The monoisotopic (exact) mass is 316 g/mol. The average Bonchev–Trinajstić information content (AvgIpc) is 2.43. The molecule has 0 fully saturated rings. The van der Waals surface area contributed by atoms with Gasteiger partial charge in [0.1, 0.15) is 0 Å². The largest absolute Gasteiger partial charge is 0.480 e. The Morgan fingerprint density at radius 2 is 1.67 bits per heavy atom. The second-order valence-electron chi connectivity index (χ2n) is 3.86. The van der Waals surface area contributed by atoms with Crippen molar-refractivity contribution in [3.05, 3.63) is 35.4 Å². The van der Waals surface area contributed by atoms with Crippen molar-refractivity contribution in [3.8, 4) is 0 Å². The van der Waals surface area contributed by atoms with E-state index in [0.717, 1.165) is 0 Å². The van der Waals surface area contributed by atoms with Crippen LogP contribution in [0.3, 0.4) is 0 Å². The van der Waals surface area contributed by atoms with Crippen molar-refractivity contribution in [3.63, 3.8) is 0 Å². The van der Waals surface area contributed by atoms with Gasteiger partial charge in [0.25, 0.3) is 0 Å². The van der Waals surface area contributed by atoms with E-state index in [1.807, 2.05) is 0 Å². The second kappa shape index (κ2) is 8.18. The lowest BCUT2D eigenvalue weighted by Crippen LogP contribution is -2.14. The molecule has 0 aliphatic carbocycles. The van der Waals surface area contributed by atoms with Gasteiger partial charge in [-0.15, -0.1) is 0 Å². The minimum absolute atomic E-state index is 0.0658. The molecule has 8 nitrogen and oxygen atoms in total. The zero-order chi connectivity index (χ0) is 15.8. The maximum atomic E-state index is 11.7. The standard InChI is InChI=1S/C12H13O8P/c13-10(14)5-19-12(17)9-4-2-1-3-8(9)7-21(18)20-6-11(15)16/h1-4,21H,5-7H2,(H,13,14)(H,15,16). The predicted octanol–water partition coefficient (Wildman–Crippen LogP) is 1.00. The summed E-state index contributed by atoms with van der Waals surface area (Å²) in [5.74, 6) is -3.40. The summed E-state index contributed by atoms with van der Waals surface area (Å²) in [5.41, 5.74) is 0.401. The lowest BCUT2D eigenvalue weighted by molar-refractivity contribution is -0.140. The number of carbonyl (C=O) groups is 3. The molecule has 0 aliphatic rings. The fraction of sp³-hybridized carbons (Fsp3) is 0.250. The number of benzene rings is 1. The average molecular weight is 316 g/mol. The maximum Gasteiger partial charge on any atom is 0.341 e. The highest BCUT2D eigenvalue weighted by atomic mass is 31.1. The van der Waals surface area contributed by atoms with Crippen molar-refractivity contribution >= 4 is 25.9 Å².